The van der Waals surface area contributed by atoms with Crippen LogP contribution in [-0.4, -0.2) is 16.0 Å². The summed E-state index contributed by atoms with van der Waals surface area (Å²) in [6, 6.07) is 0.413. The van der Waals surface area contributed by atoms with Gasteiger partial charge in [0.25, 0.3) is 5.56 Å². The van der Waals surface area contributed by atoms with Gasteiger partial charge in [-0.25, -0.2) is 4.98 Å². The van der Waals surface area contributed by atoms with Crippen LogP contribution < -0.4 is 10.9 Å². The summed E-state index contributed by atoms with van der Waals surface area (Å²) in [4.78, 5) is 18.2. The lowest BCUT2D eigenvalue weighted by molar-refractivity contribution is 0.470. The van der Waals surface area contributed by atoms with Gasteiger partial charge in [0.1, 0.15) is 0 Å². The molecule has 0 atom stereocenters. The van der Waals surface area contributed by atoms with Gasteiger partial charge in [-0.1, -0.05) is 32.1 Å². The van der Waals surface area contributed by atoms with Crippen LogP contribution in [0.4, 0.5) is 5.82 Å². The van der Waals surface area contributed by atoms with Gasteiger partial charge >= 0.3 is 0 Å². The van der Waals surface area contributed by atoms with E-state index in [1.807, 2.05) is 0 Å². The van der Waals surface area contributed by atoms with E-state index in [4.69, 9.17) is 0 Å². The number of rotatable bonds is 2. The molecule has 1 aromatic heterocycles. The Bertz CT molecular complexity index is 367. The molecule has 1 fully saturated rings. The Morgan fingerprint density at radius 2 is 1.88 bits per heavy atom. The molecule has 0 radical (unpaired) electrons. The summed E-state index contributed by atoms with van der Waals surface area (Å²) < 4.78 is 0. The molecular formula is C12H19N3O. The van der Waals surface area contributed by atoms with Gasteiger partial charge in [0.2, 0.25) is 0 Å². The number of hydrogen-bond acceptors (Lipinski definition) is 3. The van der Waals surface area contributed by atoms with E-state index in [1.54, 1.807) is 12.4 Å². The maximum Gasteiger partial charge on any atom is 0.290 e. The first kappa shape index (κ1) is 11.2. The zero-order valence-corrected chi connectivity index (χ0v) is 9.54. The Kier molecular flexibility index (Phi) is 3.97. The molecule has 0 amide bonds. The molecule has 1 aromatic rings. The molecule has 0 unspecified atom stereocenters. The van der Waals surface area contributed by atoms with E-state index >= 15 is 0 Å². The lowest BCUT2D eigenvalue weighted by Gasteiger charge is -2.20. The summed E-state index contributed by atoms with van der Waals surface area (Å²) in [6.07, 6.45) is 12.0. The molecule has 88 valence electrons. The number of aromatic amines is 1. The van der Waals surface area contributed by atoms with Crippen LogP contribution >= 0.6 is 0 Å². The normalized spacial score (nSPS) is 18.8. The van der Waals surface area contributed by atoms with Crippen molar-refractivity contribution < 1.29 is 0 Å². The van der Waals surface area contributed by atoms with E-state index in [1.165, 1.54) is 32.1 Å². The third-order valence-corrected chi connectivity index (χ3v) is 3.15. The zero-order chi connectivity index (χ0) is 11.2. The molecule has 1 aliphatic carbocycles. The standard InChI is InChI=1S/C12H19N3O/c16-12-11(13-8-9-14-12)15-10-6-4-2-1-3-5-7-10/h8-10H,1-7H2,(H,13,15)(H,14,16). The first-order valence-electron chi connectivity index (χ1n) is 6.16. The van der Waals surface area contributed by atoms with Crippen LogP contribution in [0.2, 0.25) is 0 Å². The fourth-order valence-electron chi connectivity index (χ4n) is 2.25. The quantitative estimate of drug-likeness (QED) is 0.805. The molecule has 0 aromatic carbocycles. The first-order valence-corrected chi connectivity index (χ1v) is 6.16. The second-order valence-corrected chi connectivity index (χ2v) is 4.45. The highest BCUT2D eigenvalue weighted by molar-refractivity contribution is 5.31. The molecule has 0 bridgehead atoms. The molecule has 2 N–H and O–H groups in total. The second kappa shape index (κ2) is 5.68. The van der Waals surface area contributed by atoms with Crippen molar-refractivity contribution in [2.75, 3.05) is 5.32 Å². The van der Waals surface area contributed by atoms with Crippen molar-refractivity contribution in [3.8, 4) is 0 Å². The third-order valence-electron chi connectivity index (χ3n) is 3.15. The number of aromatic nitrogens is 2. The fraction of sp³-hybridized carbons (Fsp3) is 0.667. The average molecular weight is 221 g/mol. The number of hydrogen-bond donors (Lipinski definition) is 2. The van der Waals surface area contributed by atoms with Gasteiger partial charge in [-0.3, -0.25) is 4.79 Å². The average Bonchev–Trinajstić information content (AvgIpc) is 2.24. The molecule has 16 heavy (non-hydrogen) atoms. The summed E-state index contributed by atoms with van der Waals surface area (Å²) in [5.41, 5.74) is -0.121. The molecule has 1 heterocycles. The third kappa shape index (κ3) is 3.08. The first-order chi connectivity index (χ1) is 7.86. The smallest absolute Gasteiger partial charge is 0.290 e. The van der Waals surface area contributed by atoms with Gasteiger partial charge in [0.05, 0.1) is 0 Å². The SMILES string of the molecule is O=c1[nH]ccnc1NC1CCCCCCC1. The monoisotopic (exact) mass is 221 g/mol. The predicted molar refractivity (Wildman–Crippen MR) is 64.6 cm³/mol. The van der Waals surface area contributed by atoms with Crippen molar-refractivity contribution in [3.63, 3.8) is 0 Å². The van der Waals surface area contributed by atoms with Crippen molar-refractivity contribution >= 4 is 5.82 Å². The lowest BCUT2D eigenvalue weighted by Crippen LogP contribution is -2.26. The van der Waals surface area contributed by atoms with Gasteiger partial charge in [0, 0.05) is 18.4 Å². The number of nitrogens with one attached hydrogen (secondary N) is 2. The van der Waals surface area contributed by atoms with Crippen molar-refractivity contribution in [2.45, 2.75) is 51.0 Å². The highest BCUT2D eigenvalue weighted by Crippen LogP contribution is 2.18. The van der Waals surface area contributed by atoms with E-state index in [2.05, 4.69) is 15.3 Å². The number of anilines is 1. The van der Waals surface area contributed by atoms with E-state index in [-0.39, 0.29) is 5.56 Å². The van der Waals surface area contributed by atoms with Gasteiger partial charge < -0.3 is 10.3 Å². The van der Waals surface area contributed by atoms with E-state index in [0.717, 1.165) is 12.8 Å². The van der Waals surface area contributed by atoms with Gasteiger partial charge in [0.15, 0.2) is 5.82 Å². The highest BCUT2D eigenvalue weighted by atomic mass is 16.1. The van der Waals surface area contributed by atoms with Crippen LogP contribution in [0.1, 0.15) is 44.9 Å². The molecule has 0 spiro atoms. The predicted octanol–water partition coefficient (Wildman–Crippen LogP) is 2.29. The summed E-state index contributed by atoms with van der Waals surface area (Å²) in [6.45, 7) is 0. The Balaban J connectivity index is 1.97. The molecule has 1 aliphatic rings. The van der Waals surface area contributed by atoms with Crippen LogP contribution in [0.3, 0.4) is 0 Å². The van der Waals surface area contributed by atoms with Crippen molar-refractivity contribution in [1.29, 1.82) is 0 Å². The summed E-state index contributed by atoms with van der Waals surface area (Å²) in [5, 5.41) is 3.26. The lowest BCUT2D eigenvalue weighted by atomic mass is 9.97. The molecular weight excluding hydrogens is 202 g/mol. The van der Waals surface area contributed by atoms with Gasteiger partial charge in [-0.2, -0.15) is 0 Å². The van der Waals surface area contributed by atoms with Crippen molar-refractivity contribution in [1.82, 2.24) is 9.97 Å². The van der Waals surface area contributed by atoms with Crippen LogP contribution in [0, 0.1) is 0 Å². The summed E-state index contributed by atoms with van der Waals surface area (Å²) in [5.74, 6) is 0.466. The molecule has 1 saturated carbocycles. The highest BCUT2D eigenvalue weighted by Gasteiger charge is 2.12. The van der Waals surface area contributed by atoms with E-state index < -0.39 is 0 Å². The maximum absolute atomic E-state index is 11.5. The number of nitrogens with zero attached hydrogens (tertiary/aromatic N) is 1. The van der Waals surface area contributed by atoms with Gasteiger partial charge in [-0.05, 0) is 12.8 Å². The molecule has 4 heteroatoms. The topological polar surface area (TPSA) is 57.8 Å². The minimum absolute atomic E-state index is 0.121. The second-order valence-electron chi connectivity index (χ2n) is 4.45. The van der Waals surface area contributed by atoms with Crippen LogP contribution in [0.25, 0.3) is 0 Å². The molecule has 2 rings (SSSR count). The Morgan fingerprint density at radius 1 is 1.19 bits per heavy atom. The Morgan fingerprint density at radius 3 is 2.56 bits per heavy atom. The molecule has 0 saturated heterocycles. The van der Waals surface area contributed by atoms with E-state index in [0.29, 0.717) is 11.9 Å². The maximum atomic E-state index is 11.5. The fourth-order valence-corrected chi connectivity index (χ4v) is 2.25. The van der Waals surface area contributed by atoms with Gasteiger partial charge in [-0.15, -0.1) is 0 Å². The Labute approximate surface area is 95.5 Å². The van der Waals surface area contributed by atoms with Crippen LogP contribution in [0.15, 0.2) is 17.2 Å². The van der Waals surface area contributed by atoms with Crippen molar-refractivity contribution in [3.05, 3.63) is 22.7 Å². The molecule has 0 aliphatic heterocycles. The minimum atomic E-state index is -0.121. The molecule has 4 nitrogen and oxygen atoms in total. The summed E-state index contributed by atoms with van der Waals surface area (Å²) in [7, 11) is 0. The zero-order valence-electron chi connectivity index (χ0n) is 9.54. The van der Waals surface area contributed by atoms with Crippen molar-refractivity contribution in [2.24, 2.45) is 0 Å². The largest absolute Gasteiger partial charge is 0.363 e. The summed E-state index contributed by atoms with van der Waals surface area (Å²) >= 11 is 0. The minimum Gasteiger partial charge on any atom is -0.363 e. The van der Waals surface area contributed by atoms with Crippen LogP contribution in [-0.2, 0) is 0 Å². The number of H-pyrrole nitrogens is 1. The Hall–Kier alpha value is -1.32. The van der Waals surface area contributed by atoms with Crippen LogP contribution in [0.5, 0.6) is 0 Å². The van der Waals surface area contributed by atoms with E-state index in [9.17, 15) is 4.79 Å².